The summed E-state index contributed by atoms with van der Waals surface area (Å²) in [7, 11) is 3.18. The first-order valence-electron chi connectivity index (χ1n) is 6.37. The second kappa shape index (κ2) is 13.7. The molecule has 0 saturated carbocycles. The molecule has 0 spiro atoms. The SMILES string of the molecule is COCCOCOCC(N)(CO)COCOCCOC. The van der Waals surface area contributed by atoms with Gasteiger partial charge in [0.15, 0.2) is 0 Å². The van der Waals surface area contributed by atoms with E-state index < -0.39 is 5.54 Å². The van der Waals surface area contributed by atoms with Crippen LogP contribution in [0.25, 0.3) is 0 Å². The Hall–Kier alpha value is -0.320. The molecule has 0 unspecified atom stereocenters. The highest BCUT2D eigenvalue weighted by molar-refractivity contribution is 4.82. The van der Waals surface area contributed by atoms with Gasteiger partial charge in [0.25, 0.3) is 0 Å². The number of methoxy groups -OCH3 is 2. The van der Waals surface area contributed by atoms with Gasteiger partial charge in [-0.15, -0.1) is 0 Å². The van der Waals surface area contributed by atoms with Crippen LogP contribution in [0.2, 0.25) is 0 Å². The van der Waals surface area contributed by atoms with Crippen molar-refractivity contribution in [3.8, 4) is 0 Å². The lowest BCUT2D eigenvalue weighted by atomic mass is 10.1. The fourth-order valence-electron chi connectivity index (χ4n) is 1.14. The Kier molecular flexibility index (Phi) is 13.4. The molecule has 0 rings (SSSR count). The van der Waals surface area contributed by atoms with E-state index in [4.69, 9.17) is 34.2 Å². The van der Waals surface area contributed by atoms with Gasteiger partial charge in [-0.1, -0.05) is 0 Å². The van der Waals surface area contributed by atoms with Gasteiger partial charge < -0.3 is 39.3 Å². The number of aliphatic hydroxyl groups is 1. The Bertz CT molecular complexity index is 190. The molecule has 0 aliphatic carbocycles. The van der Waals surface area contributed by atoms with Gasteiger partial charge in [-0.2, -0.15) is 0 Å². The average Bonchev–Trinajstić information content (AvgIpc) is 2.46. The fourth-order valence-corrected chi connectivity index (χ4v) is 1.14. The van der Waals surface area contributed by atoms with Gasteiger partial charge in [-0.05, 0) is 0 Å². The van der Waals surface area contributed by atoms with Crippen LogP contribution in [0.5, 0.6) is 0 Å². The zero-order chi connectivity index (χ0) is 15.1. The molecule has 0 aliphatic rings. The minimum atomic E-state index is -0.977. The Balaban J connectivity index is 3.57. The smallest absolute Gasteiger partial charge is 0.146 e. The van der Waals surface area contributed by atoms with Crippen molar-refractivity contribution in [2.24, 2.45) is 5.73 Å². The van der Waals surface area contributed by atoms with Gasteiger partial charge in [-0.25, -0.2) is 0 Å². The van der Waals surface area contributed by atoms with Crippen LogP contribution >= 0.6 is 0 Å². The summed E-state index contributed by atoms with van der Waals surface area (Å²) in [4.78, 5) is 0. The Morgan fingerprint density at radius 1 is 0.800 bits per heavy atom. The Labute approximate surface area is 120 Å². The maximum Gasteiger partial charge on any atom is 0.146 e. The summed E-state index contributed by atoms with van der Waals surface area (Å²) in [5.41, 5.74) is 4.94. The molecule has 20 heavy (non-hydrogen) atoms. The first-order chi connectivity index (χ1) is 9.68. The van der Waals surface area contributed by atoms with Gasteiger partial charge in [0, 0.05) is 14.2 Å². The molecule has 0 amide bonds. The first kappa shape index (κ1) is 19.7. The first-order valence-corrected chi connectivity index (χ1v) is 6.37. The lowest BCUT2D eigenvalue weighted by Crippen LogP contribution is -2.52. The predicted octanol–water partition coefficient (Wildman–Crippen LogP) is -1.05. The lowest BCUT2D eigenvalue weighted by Gasteiger charge is -2.26. The summed E-state index contributed by atoms with van der Waals surface area (Å²) in [6.45, 7) is 2.04. The van der Waals surface area contributed by atoms with Crippen LogP contribution in [0.4, 0.5) is 0 Å². The van der Waals surface area contributed by atoms with Crippen molar-refractivity contribution in [2.75, 3.05) is 74.1 Å². The zero-order valence-corrected chi connectivity index (χ0v) is 12.3. The van der Waals surface area contributed by atoms with E-state index in [0.29, 0.717) is 26.4 Å². The normalized spacial score (nSPS) is 12.0. The molecule has 0 radical (unpaired) electrons. The van der Waals surface area contributed by atoms with Crippen LogP contribution in [0.3, 0.4) is 0 Å². The van der Waals surface area contributed by atoms with Gasteiger partial charge >= 0.3 is 0 Å². The summed E-state index contributed by atoms with van der Waals surface area (Å²) >= 11 is 0. The molecular formula is C12H27NO7. The molecule has 8 nitrogen and oxygen atoms in total. The number of ether oxygens (including phenoxy) is 6. The molecule has 0 fully saturated rings. The number of rotatable bonds is 15. The van der Waals surface area contributed by atoms with Crippen LogP contribution < -0.4 is 5.73 Å². The van der Waals surface area contributed by atoms with E-state index in [1.807, 2.05) is 0 Å². The van der Waals surface area contributed by atoms with Crippen molar-refractivity contribution >= 4 is 0 Å². The number of aliphatic hydroxyl groups excluding tert-OH is 1. The fraction of sp³-hybridized carbons (Fsp3) is 1.00. The molecular weight excluding hydrogens is 270 g/mol. The van der Waals surface area contributed by atoms with E-state index in [1.165, 1.54) is 0 Å². The van der Waals surface area contributed by atoms with Gasteiger partial charge in [0.05, 0.1) is 51.8 Å². The molecule has 3 N–H and O–H groups in total. The molecule has 0 heterocycles. The number of hydrogen-bond acceptors (Lipinski definition) is 8. The maximum absolute atomic E-state index is 9.26. The summed E-state index contributed by atoms with van der Waals surface area (Å²) in [6, 6.07) is 0. The molecule has 0 aromatic carbocycles. The van der Waals surface area contributed by atoms with Crippen LogP contribution in [0.15, 0.2) is 0 Å². The number of nitrogens with two attached hydrogens (primary N) is 1. The predicted molar refractivity (Wildman–Crippen MR) is 71.3 cm³/mol. The summed E-state index contributed by atoms with van der Waals surface area (Å²) in [6.07, 6.45) is 0. The van der Waals surface area contributed by atoms with E-state index in [2.05, 4.69) is 0 Å². The molecule has 8 heteroatoms. The molecule has 0 aliphatic heterocycles. The van der Waals surface area contributed by atoms with Crippen LogP contribution in [0, 0.1) is 0 Å². The van der Waals surface area contributed by atoms with Crippen LogP contribution in [-0.2, 0) is 28.4 Å². The quantitative estimate of drug-likeness (QED) is 0.292. The third-order valence-electron chi connectivity index (χ3n) is 2.29. The van der Waals surface area contributed by atoms with E-state index in [-0.39, 0.29) is 33.4 Å². The van der Waals surface area contributed by atoms with Crippen molar-refractivity contribution in [2.45, 2.75) is 5.54 Å². The van der Waals surface area contributed by atoms with Crippen molar-refractivity contribution in [1.82, 2.24) is 0 Å². The summed E-state index contributed by atoms with van der Waals surface area (Å²) < 4.78 is 30.3. The van der Waals surface area contributed by atoms with Gasteiger partial charge in [0.1, 0.15) is 13.6 Å². The Morgan fingerprint density at radius 2 is 1.25 bits per heavy atom. The summed E-state index contributed by atoms with van der Waals surface area (Å²) in [5, 5.41) is 9.26. The molecule has 0 bridgehead atoms. The monoisotopic (exact) mass is 297 g/mol. The molecule has 0 aromatic rings. The minimum absolute atomic E-state index is 0.0899. The van der Waals surface area contributed by atoms with E-state index >= 15 is 0 Å². The van der Waals surface area contributed by atoms with Crippen molar-refractivity contribution < 1.29 is 33.5 Å². The van der Waals surface area contributed by atoms with Gasteiger partial charge in [-0.3, -0.25) is 0 Å². The van der Waals surface area contributed by atoms with Gasteiger partial charge in [0.2, 0.25) is 0 Å². The largest absolute Gasteiger partial charge is 0.394 e. The molecule has 0 aromatic heterocycles. The third kappa shape index (κ3) is 11.5. The average molecular weight is 297 g/mol. The topological polar surface area (TPSA) is 102 Å². The highest BCUT2D eigenvalue weighted by Gasteiger charge is 2.25. The molecule has 0 atom stereocenters. The van der Waals surface area contributed by atoms with Crippen molar-refractivity contribution in [3.05, 3.63) is 0 Å². The maximum atomic E-state index is 9.26. The second-order valence-electron chi connectivity index (χ2n) is 4.26. The Morgan fingerprint density at radius 3 is 1.60 bits per heavy atom. The molecule has 122 valence electrons. The second-order valence-corrected chi connectivity index (χ2v) is 4.26. The third-order valence-corrected chi connectivity index (χ3v) is 2.29. The number of hydrogen-bond donors (Lipinski definition) is 2. The lowest BCUT2D eigenvalue weighted by molar-refractivity contribution is -0.114. The van der Waals surface area contributed by atoms with Crippen molar-refractivity contribution in [1.29, 1.82) is 0 Å². The standard InChI is InChI=1S/C12H27NO7/c1-15-3-5-17-10-19-8-12(13,7-14)9-20-11-18-6-4-16-2/h14H,3-11,13H2,1-2H3. The highest BCUT2D eigenvalue weighted by Crippen LogP contribution is 2.02. The zero-order valence-electron chi connectivity index (χ0n) is 12.3. The van der Waals surface area contributed by atoms with Crippen molar-refractivity contribution in [3.63, 3.8) is 0 Å². The van der Waals surface area contributed by atoms with E-state index in [0.717, 1.165) is 0 Å². The van der Waals surface area contributed by atoms with E-state index in [1.54, 1.807) is 14.2 Å². The molecule has 0 saturated heterocycles. The van der Waals surface area contributed by atoms with E-state index in [9.17, 15) is 5.11 Å². The van der Waals surface area contributed by atoms with Crippen LogP contribution in [-0.4, -0.2) is 84.7 Å². The summed E-state index contributed by atoms with van der Waals surface area (Å²) in [5.74, 6) is 0. The van der Waals surface area contributed by atoms with Crippen LogP contribution in [0.1, 0.15) is 0 Å². The minimum Gasteiger partial charge on any atom is -0.394 e. The highest BCUT2D eigenvalue weighted by atomic mass is 16.7.